The molecule has 1 aromatic carbocycles. The zero-order chi connectivity index (χ0) is 12.1. The molecule has 0 unspecified atom stereocenters. The number of hydrogen-bond donors (Lipinski definition) is 1. The van der Waals surface area contributed by atoms with Crippen molar-refractivity contribution in [1.82, 2.24) is 0 Å². The molecule has 0 bridgehead atoms. The number of carboxylic acid groups (broad SMARTS) is 1. The molecule has 0 fully saturated rings. The van der Waals surface area contributed by atoms with Gasteiger partial charge in [-0.2, -0.15) is 0 Å². The highest BCUT2D eigenvalue weighted by molar-refractivity contribution is 5.86. The van der Waals surface area contributed by atoms with Gasteiger partial charge in [0.2, 0.25) is 0 Å². The molecule has 4 heteroatoms. The van der Waals surface area contributed by atoms with Gasteiger partial charge in [-0.15, -0.1) is 0 Å². The van der Waals surface area contributed by atoms with E-state index in [-0.39, 0.29) is 0 Å². The fraction of sp³-hybridized carbons (Fsp3) is 0.250. The number of hydrogen-bond acceptors (Lipinski definition) is 3. The van der Waals surface area contributed by atoms with Gasteiger partial charge < -0.3 is 14.6 Å². The van der Waals surface area contributed by atoms with Crippen LogP contribution in [0.15, 0.2) is 18.2 Å². The van der Waals surface area contributed by atoms with Gasteiger partial charge in [-0.3, -0.25) is 0 Å². The van der Waals surface area contributed by atoms with E-state index in [1.54, 1.807) is 0 Å². The summed E-state index contributed by atoms with van der Waals surface area (Å²) in [6.07, 6.45) is 2.51. The zero-order valence-electron chi connectivity index (χ0n) is 9.48. The second-order valence-electron chi connectivity index (χ2n) is 3.25. The number of rotatable bonds is 4. The Labute approximate surface area is 94.1 Å². The molecule has 0 radical (unpaired) electrons. The lowest BCUT2D eigenvalue weighted by Gasteiger charge is -2.11. The van der Waals surface area contributed by atoms with Crippen LogP contribution in [0.3, 0.4) is 0 Å². The van der Waals surface area contributed by atoms with Gasteiger partial charge in [-0.1, -0.05) is 0 Å². The maximum absolute atomic E-state index is 10.5. The molecule has 16 heavy (non-hydrogen) atoms. The molecule has 1 N–H and O–H groups in total. The van der Waals surface area contributed by atoms with Crippen molar-refractivity contribution in [1.29, 1.82) is 0 Å². The fourth-order valence-corrected chi connectivity index (χ4v) is 1.39. The van der Waals surface area contributed by atoms with Gasteiger partial charge in [-0.05, 0) is 30.7 Å². The Morgan fingerprint density at radius 1 is 1.25 bits per heavy atom. The van der Waals surface area contributed by atoms with E-state index in [2.05, 4.69) is 0 Å². The normalized spacial score (nSPS) is 10.4. The number of methoxy groups -OCH3 is 2. The summed E-state index contributed by atoms with van der Waals surface area (Å²) in [5.41, 5.74) is 1.61. The van der Waals surface area contributed by atoms with Crippen LogP contribution < -0.4 is 9.47 Å². The third kappa shape index (κ3) is 2.76. The molecular formula is C12H14O4. The number of ether oxygens (including phenoxy) is 2. The number of carbonyl (C=O) groups is 1. The summed E-state index contributed by atoms with van der Waals surface area (Å²) in [6.45, 7) is 1.91. The van der Waals surface area contributed by atoms with Crippen molar-refractivity contribution in [3.05, 3.63) is 29.3 Å². The first-order chi connectivity index (χ1) is 7.58. The minimum atomic E-state index is -1.01. The largest absolute Gasteiger partial charge is 0.496 e. The Bertz CT molecular complexity index is 396. The summed E-state index contributed by atoms with van der Waals surface area (Å²) in [4.78, 5) is 10.5. The van der Waals surface area contributed by atoms with Crippen LogP contribution in [0.4, 0.5) is 0 Å². The number of benzene rings is 1. The lowest BCUT2D eigenvalue weighted by atomic mass is 10.1. The minimum Gasteiger partial charge on any atom is -0.496 e. The standard InChI is InChI=1S/C12H14O4/c1-8-6-10(15-2)9(4-5-12(13)14)11(7-8)16-3/h4-7H,1-3H3,(H,13,14)/b5-4+. The van der Waals surface area contributed by atoms with Crippen molar-refractivity contribution in [3.8, 4) is 11.5 Å². The summed E-state index contributed by atoms with van der Waals surface area (Å²) >= 11 is 0. The number of aryl methyl sites for hydroxylation is 1. The predicted octanol–water partition coefficient (Wildman–Crippen LogP) is 2.11. The van der Waals surface area contributed by atoms with Crippen LogP contribution in [0.1, 0.15) is 11.1 Å². The van der Waals surface area contributed by atoms with Gasteiger partial charge >= 0.3 is 5.97 Å². The first-order valence-corrected chi connectivity index (χ1v) is 4.72. The van der Waals surface area contributed by atoms with Crippen LogP contribution in [-0.2, 0) is 4.79 Å². The predicted molar refractivity (Wildman–Crippen MR) is 61.0 cm³/mol. The Morgan fingerprint density at radius 3 is 2.12 bits per heavy atom. The van der Waals surface area contributed by atoms with Crippen molar-refractivity contribution >= 4 is 12.0 Å². The van der Waals surface area contributed by atoms with Gasteiger partial charge in [0.05, 0.1) is 19.8 Å². The monoisotopic (exact) mass is 222 g/mol. The second-order valence-corrected chi connectivity index (χ2v) is 3.25. The van der Waals surface area contributed by atoms with E-state index in [1.165, 1.54) is 20.3 Å². The fourth-order valence-electron chi connectivity index (χ4n) is 1.39. The van der Waals surface area contributed by atoms with Crippen molar-refractivity contribution in [3.63, 3.8) is 0 Å². The van der Waals surface area contributed by atoms with Crippen LogP contribution in [0.5, 0.6) is 11.5 Å². The smallest absolute Gasteiger partial charge is 0.328 e. The number of carboxylic acids is 1. The average Bonchev–Trinajstić information content (AvgIpc) is 2.25. The quantitative estimate of drug-likeness (QED) is 0.793. The molecule has 0 aliphatic heterocycles. The zero-order valence-corrected chi connectivity index (χ0v) is 9.48. The highest BCUT2D eigenvalue weighted by atomic mass is 16.5. The van der Waals surface area contributed by atoms with Crippen molar-refractivity contribution in [2.45, 2.75) is 6.92 Å². The maximum atomic E-state index is 10.5. The Balaban J connectivity index is 3.27. The Morgan fingerprint density at radius 2 is 1.75 bits per heavy atom. The van der Waals surface area contributed by atoms with E-state index in [1.807, 2.05) is 19.1 Å². The van der Waals surface area contributed by atoms with Crippen molar-refractivity contribution < 1.29 is 19.4 Å². The first-order valence-electron chi connectivity index (χ1n) is 4.72. The SMILES string of the molecule is COc1cc(C)cc(OC)c1/C=C/C(=O)O. The van der Waals surface area contributed by atoms with Crippen LogP contribution in [0.25, 0.3) is 6.08 Å². The highest BCUT2D eigenvalue weighted by Crippen LogP contribution is 2.31. The van der Waals surface area contributed by atoms with Crippen molar-refractivity contribution in [2.24, 2.45) is 0 Å². The summed E-state index contributed by atoms with van der Waals surface area (Å²) in [5.74, 6) is 0.174. The highest BCUT2D eigenvalue weighted by Gasteiger charge is 2.08. The molecule has 0 aliphatic rings. The van der Waals surface area contributed by atoms with Crippen LogP contribution >= 0.6 is 0 Å². The van der Waals surface area contributed by atoms with Gasteiger partial charge in [0.25, 0.3) is 0 Å². The molecule has 0 saturated carbocycles. The summed E-state index contributed by atoms with van der Waals surface area (Å²) in [5, 5.41) is 8.59. The van der Waals surface area contributed by atoms with E-state index >= 15 is 0 Å². The summed E-state index contributed by atoms with van der Waals surface area (Å²) in [7, 11) is 3.07. The molecular weight excluding hydrogens is 208 g/mol. The first kappa shape index (κ1) is 12.1. The molecule has 1 rings (SSSR count). The molecule has 1 aromatic rings. The summed E-state index contributed by atoms with van der Waals surface area (Å²) < 4.78 is 10.4. The number of aliphatic carboxylic acids is 1. The topological polar surface area (TPSA) is 55.8 Å². The average molecular weight is 222 g/mol. The van der Waals surface area contributed by atoms with Gasteiger partial charge in [0.15, 0.2) is 0 Å². The molecule has 0 aliphatic carbocycles. The van der Waals surface area contributed by atoms with E-state index in [0.717, 1.165) is 11.6 Å². The lowest BCUT2D eigenvalue weighted by Crippen LogP contribution is -1.94. The maximum Gasteiger partial charge on any atom is 0.328 e. The third-order valence-corrected chi connectivity index (χ3v) is 2.08. The van der Waals surface area contributed by atoms with Gasteiger partial charge in [-0.25, -0.2) is 4.79 Å². The van der Waals surface area contributed by atoms with Crippen LogP contribution in [0.2, 0.25) is 0 Å². The molecule has 0 saturated heterocycles. The van der Waals surface area contributed by atoms with Gasteiger partial charge in [0.1, 0.15) is 11.5 Å². The Kier molecular flexibility index (Phi) is 3.94. The molecule has 0 spiro atoms. The van der Waals surface area contributed by atoms with E-state index < -0.39 is 5.97 Å². The lowest BCUT2D eigenvalue weighted by molar-refractivity contribution is -0.131. The second kappa shape index (κ2) is 5.21. The van der Waals surface area contributed by atoms with E-state index in [9.17, 15) is 4.79 Å². The molecule has 0 atom stereocenters. The van der Waals surface area contributed by atoms with E-state index in [0.29, 0.717) is 17.1 Å². The molecule has 4 nitrogen and oxygen atoms in total. The molecule has 0 amide bonds. The summed E-state index contributed by atoms with van der Waals surface area (Å²) in [6, 6.07) is 3.65. The third-order valence-electron chi connectivity index (χ3n) is 2.08. The minimum absolute atomic E-state index is 0.592. The van der Waals surface area contributed by atoms with E-state index in [4.69, 9.17) is 14.6 Å². The van der Waals surface area contributed by atoms with Gasteiger partial charge in [0, 0.05) is 6.08 Å². The van der Waals surface area contributed by atoms with Crippen LogP contribution in [-0.4, -0.2) is 25.3 Å². The molecule has 0 heterocycles. The molecule has 0 aromatic heterocycles. The van der Waals surface area contributed by atoms with Crippen LogP contribution in [0, 0.1) is 6.92 Å². The molecule has 86 valence electrons. The van der Waals surface area contributed by atoms with Crippen molar-refractivity contribution in [2.75, 3.05) is 14.2 Å². The Hall–Kier alpha value is -1.97.